The average molecular weight is 482 g/mol. The zero-order chi connectivity index (χ0) is 20.3. The fraction of sp³-hybridized carbons (Fsp3) is 0.200. The number of nitrogens with zero attached hydrogens (tertiary/aromatic N) is 1. The Hall–Kier alpha value is -1.90. The van der Waals surface area contributed by atoms with Crippen molar-refractivity contribution < 1.29 is 18.7 Å². The summed E-state index contributed by atoms with van der Waals surface area (Å²) in [5.74, 6) is 0.506. The Morgan fingerprint density at radius 1 is 1.32 bits per heavy atom. The molecular weight excluding hydrogens is 465 g/mol. The van der Waals surface area contributed by atoms with Gasteiger partial charge in [-0.3, -0.25) is 9.69 Å². The molecule has 0 saturated carbocycles. The number of carbonyl (C=O) groups is 1. The number of benzene rings is 2. The molecule has 0 radical (unpaired) electrons. The summed E-state index contributed by atoms with van der Waals surface area (Å²) in [6.07, 6.45) is 1.77. The van der Waals surface area contributed by atoms with Crippen LogP contribution in [0.3, 0.4) is 0 Å². The summed E-state index contributed by atoms with van der Waals surface area (Å²) < 4.78 is 26.2. The Labute approximate surface area is 180 Å². The summed E-state index contributed by atoms with van der Waals surface area (Å²) in [6, 6.07) is 10.0. The number of rotatable bonds is 6. The summed E-state index contributed by atoms with van der Waals surface area (Å²) in [5.41, 5.74) is 1.21. The first-order valence-electron chi connectivity index (χ1n) is 8.43. The number of hydrogen-bond acceptors (Lipinski definition) is 5. The predicted octanol–water partition coefficient (Wildman–Crippen LogP) is 5.40. The number of thiocarbonyl (C=S) groups is 1. The molecule has 1 aliphatic rings. The number of hydrogen-bond donors (Lipinski definition) is 0. The third kappa shape index (κ3) is 4.39. The number of thioether (sulfide) groups is 1. The molecule has 1 fully saturated rings. The Bertz CT molecular complexity index is 964. The Morgan fingerprint density at radius 3 is 2.71 bits per heavy atom. The normalized spacial score (nSPS) is 15.4. The van der Waals surface area contributed by atoms with E-state index in [9.17, 15) is 9.18 Å². The number of ether oxygens (including phenoxy) is 2. The third-order valence-electron chi connectivity index (χ3n) is 4.07. The lowest BCUT2D eigenvalue weighted by molar-refractivity contribution is -0.121. The topological polar surface area (TPSA) is 38.8 Å². The van der Waals surface area contributed by atoms with E-state index in [4.69, 9.17) is 21.7 Å². The smallest absolute Gasteiger partial charge is 0.266 e. The van der Waals surface area contributed by atoms with E-state index < -0.39 is 0 Å². The second kappa shape index (κ2) is 9.07. The van der Waals surface area contributed by atoms with Crippen molar-refractivity contribution in [3.05, 3.63) is 62.7 Å². The lowest BCUT2D eigenvalue weighted by Gasteiger charge is -2.14. The van der Waals surface area contributed by atoms with Gasteiger partial charge >= 0.3 is 0 Å². The number of methoxy groups -OCH3 is 1. The van der Waals surface area contributed by atoms with Crippen molar-refractivity contribution in [1.29, 1.82) is 0 Å². The van der Waals surface area contributed by atoms with Gasteiger partial charge < -0.3 is 9.47 Å². The lowest BCUT2D eigenvalue weighted by atomic mass is 10.1. The molecule has 0 atom stereocenters. The minimum absolute atomic E-state index is 0.0656. The second-order valence-electron chi connectivity index (χ2n) is 5.84. The molecule has 146 valence electrons. The van der Waals surface area contributed by atoms with Crippen LogP contribution in [0.1, 0.15) is 18.1 Å². The molecular formula is C20H17BrFNO3S2. The fourth-order valence-corrected chi connectivity index (χ4v) is 4.61. The fourth-order valence-electron chi connectivity index (χ4n) is 2.65. The van der Waals surface area contributed by atoms with Crippen LogP contribution in [0.15, 0.2) is 45.8 Å². The van der Waals surface area contributed by atoms with Crippen molar-refractivity contribution in [1.82, 2.24) is 4.90 Å². The van der Waals surface area contributed by atoms with E-state index in [-0.39, 0.29) is 18.3 Å². The van der Waals surface area contributed by atoms with Crippen LogP contribution in [0, 0.1) is 5.82 Å². The van der Waals surface area contributed by atoms with Gasteiger partial charge in [-0.25, -0.2) is 4.39 Å². The Balaban J connectivity index is 1.86. The van der Waals surface area contributed by atoms with E-state index >= 15 is 0 Å². The van der Waals surface area contributed by atoms with Crippen LogP contribution in [0.5, 0.6) is 11.5 Å². The third-order valence-corrected chi connectivity index (χ3v) is 6.04. The highest BCUT2D eigenvalue weighted by atomic mass is 79.9. The quantitative estimate of drug-likeness (QED) is 0.408. The van der Waals surface area contributed by atoms with Gasteiger partial charge in [-0.2, -0.15) is 0 Å². The molecule has 0 aliphatic carbocycles. The van der Waals surface area contributed by atoms with Crippen molar-refractivity contribution >= 4 is 56.2 Å². The zero-order valence-electron chi connectivity index (χ0n) is 15.2. The van der Waals surface area contributed by atoms with Gasteiger partial charge in [-0.1, -0.05) is 42.2 Å². The van der Waals surface area contributed by atoms with Gasteiger partial charge in [0, 0.05) is 12.1 Å². The molecule has 4 nitrogen and oxygen atoms in total. The number of halogens is 2. The zero-order valence-corrected chi connectivity index (χ0v) is 18.4. The van der Waals surface area contributed by atoms with Gasteiger partial charge in [0.15, 0.2) is 11.5 Å². The SMILES string of the molecule is CCN1C(=O)/C(=C\c2cc(Br)c(OCc3ccccc3F)c(OC)c2)SC1=S. The molecule has 1 saturated heterocycles. The van der Waals surface area contributed by atoms with Crippen molar-refractivity contribution in [2.75, 3.05) is 13.7 Å². The molecule has 0 bridgehead atoms. The highest BCUT2D eigenvalue weighted by Crippen LogP contribution is 2.39. The lowest BCUT2D eigenvalue weighted by Crippen LogP contribution is -2.27. The predicted molar refractivity (Wildman–Crippen MR) is 117 cm³/mol. The molecule has 1 amide bonds. The number of carbonyl (C=O) groups excluding carboxylic acids is 1. The maximum atomic E-state index is 13.8. The maximum Gasteiger partial charge on any atom is 0.266 e. The van der Waals surface area contributed by atoms with E-state index in [1.54, 1.807) is 35.2 Å². The highest BCUT2D eigenvalue weighted by Gasteiger charge is 2.30. The molecule has 2 aromatic rings. The first kappa shape index (κ1) is 20.8. The maximum absolute atomic E-state index is 13.8. The van der Waals surface area contributed by atoms with Crippen LogP contribution in [0.25, 0.3) is 6.08 Å². The summed E-state index contributed by atoms with van der Waals surface area (Å²) in [7, 11) is 1.53. The van der Waals surface area contributed by atoms with Gasteiger partial charge in [0.05, 0.1) is 16.5 Å². The van der Waals surface area contributed by atoms with E-state index in [1.807, 2.05) is 13.0 Å². The van der Waals surface area contributed by atoms with Crippen LogP contribution < -0.4 is 9.47 Å². The van der Waals surface area contributed by atoms with Crippen LogP contribution >= 0.6 is 39.9 Å². The molecule has 3 rings (SSSR count). The van der Waals surface area contributed by atoms with Crippen LogP contribution in [0.2, 0.25) is 0 Å². The van der Waals surface area contributed by atoms with Gasteiger partial charge in [-0.05, 0) is 52.7 Å². The molecule has 0 spiro atoms. The summed E-state index contributed by atoms with van der Waals surface area (Å²) in [6.45, 7) is 2.49. The highest BCUT2D eigenvalue weighted by molar-refractivity contribution is 9.10. The standard InChI is InChI=1S/C20H17BrFNO3S2/c1-3-23-19(24)17(28-20(23)27)10-12-8-14(21)18(16(9-12)25-2)26-11-13-6-4-5-7-15(13)22/h4-10H,3,11H2,1-2H3/b17-10+. The summed E-state index contributed by atoms with van der Waals surface area (Å²) >= 11 is 9.99. The summed E-state index contributed by atoms with van der Waals surface area (Å²) in [4.78, 5) is 14.5. The summed E-state index contributed by atoms with van der Waals surface area (Å²) in [5, 5.41) is 0. The van der Waals surface area contributed by atoms with E-state index in [2.05, 4.69) is 15.9 Å². The van der Waals surface area contributed by atoms with Crippen LogP contribution in [-0.2, 0) is 11.4 Å². The molecule has 0 unspecified atom stereocenters. The number of amides is 1. The van der Waals surface area contributed by atoms with E-state index in [0.29, 0.717) is 37.3 Å². The largest absolute Gasteiger partial charge is 0.493 e. The minimum atomic E-state index is -0.327. The van der Waals surface area contributed by atoms with Crippen molar-refractivity contribution in [3.8, 4) is 11.5 Å². The first-order valence-corrected chi connectivity index (χ1v) is 10.5. The van der Waals surface area contributed by atoms with E-state index in [0.717, 1.165) is 5.56 Å². The number of likely N-dealkylation sites (N-methyl/N-ethyl adjacent to an activating group) is 1. The van der Waals surface area contributed by atoms with Crippen molar-refractivity contribution in [2.45, 2.75) is 13.5 Å². The second-order valence-corrected chi connectivity index (χ2v) is 8.37. The van der Waals surface area contributed by atoms with Crippen molar-refractivity contribution in [3.63, 3.8) is 0 Å². The first-order chi connectivity index (χ1) is 13.4. The molecule has 28 heavy (non-hydrogen) atoms. The molecule has 1 aliphatic heterocycles. The monoisotopic (exact) mass is 481 g/mol. The average Bonchev–Trinajstić information content (AvgIpc) is 2.94. The van der Waals surface area contributed by atoms with Crippen LogP contribution in [0.4, 0.5) is 4.39 Å². The van der Waals surface area contributed by atoms with E-state index in [1.165, 1.54) is 24.9 Å². The van der Waals surface area contributed by atoms with Gasteiger partial charge in [0.1, 0.15) is 16.7 Å². The molecule has 0 aromatic heterocycles. The Kier molecular flexibility index (Phi) is 6.74. The van der Waals surface area contributed by atoms with Gasteiger partial charge in [-0.15, -0.1) is 0 Å². The molecule has 2 aromatic carbocycles. The van der Waals surface area contributed by atoms with Crippen LogP contribution in [-0.4, -0.2) is 28.8 Å². The molecule has 1 heterocycles. The van der Waals surface area contributed by atoms with Crippen molar-refractivity contribution in [2.24, 2.45) is 0 Å². The minimum Gasteiger partial charge on any atom is -0.493 e. The van der Waals surface area contributed by atoms with Gasteiger partial charge in [0.2, 0.25) is 0 Å². The van der Waals surface area contributed by atoms with Gasteiger partial charge in [0.25, 0.3) is 5.91 Å². The molecule has 8 heteroatoms. The molecule has 0 N–H and O–H groups in total. The Morgan fingerprint density at radius 2 is 2.07 bits per heavy atom.